The third-order valence-corrected chi connectivity index (χ3v) is 3.62. The van der Waals surface area contributed by atoms with E-state index in [-0.39, 0.29) is 32.0 Å². The molecule has 1 aromatic heterocycles. The van der Waals surface area contributed by atoms with Crippen LogP contribution in [0.5, 0.6) is 0 Å². The van der Waals surface area contributed by atoms with Crippen molar-refractivity contribution in [2.45, 2.75) is 13.8 Å². The largest absolute Gasteiger partial charge is 0.364 e. The molecule has 2 rings (SSSR count). The van der Waals surface area contributed by atoms with Crippen LogP contribution in [0.4, 0.5) is 11.9 Å². The van der Waals surface area contributed by atoms with Gasteiger partial charge in [0.05, 0.1) is 0 Å². The number of aryl methyl sites for hydroxylation is 1. The van der Waals surface area contributed by atoms with Gasteiger partial charge in [0.2, 0.25) is 17.8 Å². The third-order valence-electron chi connectivity index (χ3n) is 3.62. The second-order valence-corrected chi connectivity index (χ2v) is 5.87. The van der Waals surface area contributed by atoms with Crippen molar-refractivity contribution in [1.29, 1.82) is 0 Å². The van der Waals surface area contributed by atoms with Gasteiger partial charge in [-0.3, -0.25) is 14.6 Å². The van der Waals surface area contributed by atoms with Crippen molar-refractivity contribution in [3.05, 3.63) is 29.8 Å². The van der Waals surface area contributed by atoms with Crippen molar-refractivity contribution >= 4 is 17.8 Å². The van der Waals surface area contributed by atoms with Crippen LogP contribution >= 0.6 is 0 Å². The molecule has 9 nitrogen and oxygen atoms in total. The van der Waals surface area contributed by atoms with Crippen LogP contribution < -0.4 is 9.80 Å². The fourth-order valence-electron chi connectivity index (χ4n) is 2.41. The van der Waals surface area contributed by atoms with E-state index >= 15 is 0 Å². The van der Waals surface area contributed by atoms with Crippen LogP contribution in [-0.4, -0.2) is 62.4 Å². The molecule has 0 saturated heterocycles. The van der Waals surface area contributed by atoms with Gasteiger partial charge in [-0.25, -0.2) is 0 Å². The second kappa shape index (κ2) is 9.91. The van der Waals surface area contributed by atoms with E-state index in [0.717, 1.165) is 11.1 Å². The number of amides is 1. The molecular formula is C18H25N5O4. The van der Waals surface area contributed by atoms with Gasteiger partial charge >= 0.3 is 0 Å². The number of nitrogens with zero attached hydrogens (tertiary/aromatic N) is 5. The number of benzene rings is 1. The topological polar surface area (TPSA) is 89.9 Å². The Kier molecular flexibility index (Phi) is 7.59. The summed E-state index contributed by atoms with van der Waals surface area (Å²) in [6, 6.07) is 7.78. The first kappa shape index (κ1) is 20.7. The van der Waals surface area contributed by atoms with Gasteiger partial charge in [0.15, 0.2) is 5.82 Å². The average molecular weight is 375 g/mol. The number of methoxy groups -OCH3 is 3. The molecule has 0 N–H and O–H groups in total. The van der Waals surface area contributed by atoms with Crippen LogP contribution in [0.1, 0.15) is 12.5 Å². The molecule has 0 aliphatic carbocycles. The molecule has 1 heterocycles. The molecular weight excluding hydrogens is 350 g/mol. The van der Waals surface area contributed by atoms with Crippen molar-refractivity contribution in [1.82, 2.24) is 15.0 Å². The molecule has 0 bridgehead atoms. The summed E-state index contributed by atoms with van der Waals surface area (Å²) < 4.78 is 15.5. The molecule has 146 valence electrons. The summed E-state index contributed by atoms with van der Waals surface area (Å²) >= 11 is 0. The van der Waals surface area contributed by atoms with Crippen LogP contribution in [0.3, 0.4) is 0 Å². The quantitative estimate of drug-likeness (QED) is 0.613. The highest BCUT2D eigenvalue weighted by atomic mass is 16.5. The van der Waals surface area contributed by atoms with E-state index in [1.807, 2.05) is 31.2 Å². The maximum Gasteiger partial charge on any atom is 0.239 e. The van der Waals surface area contributed by atoms with Crippen molar-refractivity contribution in [3.8, 4) is 11.4 Å². The highest BCUT2D eigenvalue weighted by molar-refractivity contribution is 5.89. The Morgan fingerprint density at radius 3 is 2.15 bits per heavy atom. The summed E-state index contributed by atoms with van der Waals surface area (Å²) in [5.74, 6) is 0.734. The Labute approximate surface area is 158 Å². The van der Waals surface area contributed by atoms with Crippen LogP contribution in [0.15, 0.2) is 24.3 Å². The Bertz CT molecular complexity index is 765. The van der Waals surface area contributed by atoms with Gasteiger partial charge in [-0.2, -0.15) is 15.0 Å². The SMILES string of the molecule is COCN(COC)c1nc(-c2cccc(C)c2)nc(N(COC)C(C)=O)n1. The van der Waals surface area contributed by atoms with Crippen molar-refractivity contribution < 1.29 is 19.0 Å². The highest BCUT2D eigenvalue weighted by Crippen LogP contribution is 2.22. The summed E-state index contributed by atoms with van der Waals surface area (Å²) in [6.45, 7) is 3.88. The van der Waals surface area contributed by atoms with Gasteiger partial charge in [0, 0.05) is 33.8 Å². The minimum atomic E-state index is -0.241. The van der Waals surface area contributed by atoms with Crippen molar-refractivity contribution in [2.24, 2.45) is 0 Å². The van der Waals surface area contributed by atoms with E-state index in [1.54, 1.807) is 19.1 Å². The normalized spacial score (nSPS) is 10.7. The lowest BCUT2D eigenvalue weighted by Gasteiger charge is -2.23. The lowest BCUT2D eigenvalue weighted by molar-refractivity contribution is -0.117. The molecule has 27 heavy (non-hydrogen) atoms. The molecule has 2 aromatic rings. The summed E-state index contributed by atoms with van der Waals surface area (Å²) in [5.41, 5.74) is 1.89. The van der Waals surface area contributed by atoms with Gasteiger partial charge in [-0.1, -0.05) is 23.8 Å². The van der Waals surface area contributed by atoms with Gasteiger partial charge < -0.3 is 14.2 Å². The molecule has 9 heteroatoms. The van der Waals surface area contributed by atoms with E-state index < -0.39 is 0 Å². The molecule has 1 amide bonds. The number of rotatable bonds is 9. The number of aromatic nitrogens is 3. The maximum absolute atomic E-state index is 12.1. The number of ether oxygens (including phenoxy) is 3. The summed E-state index contributed by atoms with van der Waals surface area (Å²) in [5, 5.41) is 0. The molecule has 0 spiro atoms. The minimum Gasteiger partial charge on any atom is -0.364 e. The Balaban J connectivity index is 2.60. The van der Waals surface area contributed by atoms with E-state index in [2.05, 4.69) is 15.0 Å². The zero-order valence-electron chi connectivity index (χ0n) is 16.3. The average Bonchev–Trinajstić information content (AvgIpc) is 2.65. The molecule has 0 atom stereocenters. The molecule has 0 unspecified atom stereocenters. The Morgan fingerprint density at radius 1 is 0.963 bits per heavy atom. The van der Waals surface area contributed by atoms with Gasteiger partial charge in [0.25, 0.3) is 0 Å². The second-order valence-electron chi connectivity index (χ2n) is 5.87. The lowest BCUT2D eigenvalue weighted by atomic mass is 10.1. The fourth-order valence-corrected chi connectivity index (χ4v) is 2.41. The van der Waals surface area contributed by atoms with Crippen LogP contribution in [-0.2, 0) is 19.0 Å². The van der Waals surface area contributed by atoms with E-state index in [1.165, 1.54) is 18.9 Å². The minimum absolute atomic E-state index is 0.0284. The first-order valence-corrected chi connectivity index (χ1v) is 8.33. The van der Waals surface area contributed by atoms with Gasteiger partial charge in [0.1, 0.15) is 20.2 Å². The number of anilines is 2. The molecule has 0 fully saturated rings. The van der Waals surface area contributed by atoms with Gasteiger partial charge in [-0.15, -0.1) is 0 Å². The first-order valence-electron chi connectivity index (χ1n) is 8.33. The Morgan fingerprint density at radius 2 is 1.59 bits per heavy atom. The zero-order valence-corrected chi connectivity index (χ0v) is 16.3. The standard InChI is InChI=1S/C18H25N5O4/c1-13-7-6-8-15(9-13)16-19-17(22(10-25-3)11-26-4)21-18(20-16)23(12-27-5)14(2)24/h6-9H,10-12H2,1-5H3. The summed E-state index contributed by atoms with van der Waals surface area (Å²) in [4.78, 5) is 28.5. The van der Waals surface area contributed by atoms with Crippen LogP contribution in [0, 0.1) is 6.92 Å². The molecule has 0 radical (unpaired) electrons. The predicted octanol–water partition coefficient (Wildman–Crippen LogP) is 1.82. The number of carbonyl (C=O) groups is 1. The van der Waals surface area contributed by atoms with Crippen molar-refractivity contribution in [2.75, 3.05) is 51.3 Å². The fraction of sp³-hybridized carbons (Fsp3) is 0.444. The maximum atomic E-state index is 12.1. The summed E-state index contributed by atoms with van der Waals surface area (Å²) in [6.07, 6.45) is 0. The molecule has 0 aliphatic rings. The number of hydrogen-bond acceptors (Lipinski definition) is 8. The van der Waals surface area contributed by atoms with Crippen LogP contribution in [0.25, 0.3) is 11.4 Å². The predicted molar refractivity (Wildman–Crippen MR) is 101 cm³/mol. The van der Waals surface area contributed by atoms with Crippen molar-refractivity contribution in [3.63, 3.8) is 0 Å². The Hall–Kier alpha value is -2.62. The molecule has 0 saturated carbocycles. The van der Waals surface area contributed by atoms with Gasteiger partial charge in [-0.05, 0) is 13.0 Å². The third kappa shape index (κ3) is 5.43. The number of carbonyl (C=O) groups excluding carboxylic acids is 1. The summed E-state index contributed by atoms with van der Waals surface area (Å²) in [7, 11) is 4.64. The van der Waals surface area contributed by atoms with E-state index in [0.29, 0.717) is 11.8 Å². The smallest absolute Gasteiger partial charge is 0.239 e. The monoisotopic (exact) mass is 375 g/mol. The first-order chi connectivity index (χ1) is 13.0. The van der Waals surface area contributed by atoms with E-state index in [4.69, 9.17) is 14.2 Å². The van der Waals surface area contributed by atoms with E-state index in [9.17, 15) is 4.79 Å². The zero-order chi connectivity index (χ0) is 19.8. The number of hydrogen-bond donors (Lipinski definition) is 0. The van der Waals surface area contributed by atoms with Crippen LogP contribution in [0.2, 0.25) is 0 Å². The highest BCUT2D eigenvalue weighted by Gasteiger charge is 2.20. The molecule has 1 aromatic carbocycles. The molecule has 0 aliphatic heterocycles. The lowest BCUT2D eigenvalue weighted by Crippen LogP contribution is -2.34.